The molecule has 0 spiro atoms. The highest BCUT2D eigenvalue weighted by atomic mass is 79.9. The van der Waals surface area contributed by atoms with Gasteiger partial charge in [-0.1, -0.05) is 15.9 Å². The number of nitrogens with one attached hydrogen (secondary N) is 1. The Morgan fingerprint density at radius 2 is 2.11 bits per heavy atom. The van der Waals surface area contributed by atoms with Crippen molar-refractivity contribution in [1.82, 2.24) is 5.32 Å². The highest BCUT2D eigenvalue weighted by molar-refractivity contribution is 9.10. The average Bonchev–Trinajstić information content (AvgIpc) is 2.33. The molecule has 2 N–H and O–H groups in total. The highest BCUT2D eigenvalue weighted by Crippen LogP contribution is 2.24. The Kier molecular flexibility index (Phi) is 4.09. The van der Waals surface area contributed by atoms with E-state index in [1.807, 2.05) is 36.1 Å². The van der Waals surface area contributed by atoms with E-state index in [0.717, 1.165) is 10.2 Å². The largest absolute Gasteiger partial charge is 0.481 e. The van der Waals surface area contributed by atoms with Gasteiger partial charge in [0.2, 0.25) is 5.91 Å². The summed E-state index contributed by atoms with van der Waals surface area (Å²) < 4.78 is 0.945. The van der Waals surface area contributed by atoms with Crippen LogP contribution in [0, 0.1) is 0 Å². The van der Waals surface area contributed by atoms with Gasteiger partial charge in [0.15, 0.2) is 0 Å². The molecule has 0 aliphatic carbocycles. The second-order valence-corrected chi connectivity index (χ2v) is 5.57. The molecule has 5 nitrogen and oxygen atoms in total. The summed E-state index contributed by atoms with van der Waals surface area (Å²) in [5.74, 6) is -1.21. The zero-order valence-electron chi connectivity index (χ0n) is 10.5. The molecule has 2 rings (SSSR count). The van der Waals surface area contributed by atoms with Gasteiger partial charge in [0.25, 0.3) is 0 Å². The minimum absolute atomic E-state index is 0.00110. The Morgan fingerprint density at radius 3 is 2.68 bits per heavy atom. The Hall–Kier alpha value is -1.56. The molecule has 1 aromatic rings. The first-order valence-electron chi connectivity index (χ1n) is 6.01. The lowest BCUT2D eigenvalue weighted by Crippen LogP contribution is -2.60. The first-order valence-corrected chi connectivity index (χ1v) is 6.81. The number of rotatable bonds is 3. The van der Waals surface area contributed by atoms with Crippen molar-refractivity contribution in [2.24, 2.45) is 0 Å². The van der Waals surface area contributed by atoms with E-state index in [0.29, 0.717) is 6.54 Å². The van der Waals surface area contributed by atoms with Gasteiger partial charge < -0.3 is 15.3 Å². The lowest BCUT2D eigenvalue weighted by Gasteiger charge is -2.39. The standard InChI is InChI=1S/C13H15BrN2O3/c1-8-7-16(10-4-2-9(14)3-5-10)11(6-12(17)18)13(19)15-8/h2-5,8,11H,6-7H2,1H3,(H,15,19)(H,17,18). The number of carboxylic acids is 1. The van der Waals surface area contributed by atoms with E-state index in [1.165, 1.54) is 0 Å². The molecular formula is C13H15BrN2O3. The minimum Gasteiger partial charge on any atom is -0.481 e. The average molecular weight is 327 g/mol. The van der Waals surface area contributed by atoms with Crippen molar-refractivity contribution in [3.05, 3.63) is 28.7 Å². The third kappa shape index (κ3) is 3.26. The van der Waals surface area contributed by atoms with Gasteiger partial charge in [0, 0.05) is 22.7 Å². The predicted molar refractivity (Wildman–Crippen MR) is 75.1 cm³/mol. The number of halogens is 1. The SMILES string of the molecule is CC1CN(c2ccc(Br)cc2)C(CC(=O)O)C(=O)N1. The molecular weight excluding hydrogens is 312 g/mol. The van der Waals surface area contributed by atoms with E-state index in [9.17, 15) is 9.59 Å². The number of nitrogens with zero attached hydrogens (tertiary/aromatic N) is 1. The Labute approximate surface area is 119 Å². The number of carbonyl (C=O) groups is 2. The molecule has 1 aliphatic rings. The summed E-state index contributed by atoms with van der Waals surface area (Å²) in [6, 6.07) is 6.86. The third-order valence-electron chi connectivity index (χ3n) is 3.06. The van der Waals surface area contributed by atoms with E-state index in [4.69, 9.17) is 5.11 Å². The number of benzene rings is 1. The summed E-state index contributed by atoms with van der Waals surface area (Å²) in [4.78, 5) is 24.7. The van der Waals surface area contributed by atoms with Crippen LogP contribution in [-0.2, 0) is 9.59 Å². The monoisotopic (exact) mass is 326 g/mol. The Morgan fingerprint density at radius 1 is 1.47 bits per heavy atom. The first kappa shape index (κ1) is 13.9. The van der Waals surface area contributed by atoms with Crippen molar-refractivity contribution in [2.45, 2.75) is 25.4 Å². The van der Waals surface area contributed by atoms with Crippen LogP contribution in [0.4, 0.5) is 5.69 Å². The molecule has 1 saturated heterocycles. The zero-order valence-corrected chi connectivity index (χ0v) is 12.1. The van der Waals surface area contributed by atoms with E-state index in [2.05, 4.69) is 21.2 Å². The number of aliphatic carboxylic acids is 1. The number of anilines is 1. The second-order valence-electron chi connectivity index (χ2n) is 4.65. The van der Waals surface area contributed by atoms with Crippen LogP contribution in [0.15, 0.2) is 28.7 Å². The van der Waals surface area contributed by atoms with E-state index in [1.54, 1.807) is 0 Å². The van der Waals surface area contributed by atoms with Crippen LogP contribution in [0.3, 0.4) is 0 Å². The summed E-state index contributed by atoms with van der Waals surface area (Å²) in [7, 11) is 0. The molecule has 19 heavy (non-hydrogen) atoms. The third-order valence-corrected chi connectivity index (χ3v) is 3.59. The zero-order chi connectivity index (χ0) is 14.0. The summed E-state index contributed by atoms with van der Waals surface area (Å²) in [6.45, 7) is 2.51. The van der Waals surface area contributed by atoms with Crippen molar-refractivity contribution in [1.29, 1.82) is 0 Å². The Bertz CT molecular complexity index is 489. The fourth-order valence-corrected chi connectivity index (χ4v) is 2.50. The second kappa shape index (κ2) is 5.61. The van der Waals surface area contributed by atoms with Gasteiger partial charge in [-0.05, 0) is 31.2 Å². The molecule has 2 atom stereocenters. The molecule has 0 saturated carbocycles. The molecule has 1 aromatic carbocycles. The number of piperazine rings is 1. The van der Waals surface area contributed by atoms with Gasteiger partial charge in [0.05, 0.1) is 6.42 Å². The normalized spacial score (nSPS) is 23.1. The molecule has 1 heterocycles. The maximum Gasteiger partial charge on any atom is 0.305 e. The van der Waals surface area contributed by atoms with Crippen LogP contribution in [0.1, 0.15) is 13.3 Å². The lowest BCUT2D eigenvalue weighted by atomic mass is 10.0. The van der Waals surface area contributed by atoms with Gasteiger partial charge in [0.1, 0.15) is 6.04 Å². The first-order chi connectivity index (χ1) is 8.97. The fourth-order valence-electron chi connectivity index (χ4n) is 2.23. The molecule has 2 unspecified atom stereocenters. The smallest absolute Gasteiger partial charge is 0.305 e. The van der Waals surface area contributed by atoms with E-state index in [-0.39, 0.29) is 18.4 Å². The van der Waals surface area contributed by atoms with Gasteiger partial charge in [-0.15, -0.1) is 0 Å². The molecule has 1 amide bonds. The summed E-state index contributed by atoms with van der Waals surface area (Å²) in [5.41, 5.74) is 0.858. The molecule has 0 radical (unpaired) electrons. The summed E-state index contributed by atoms with van der Waals surface area (Å²) >= 11 is 3.36. The molecule has 102 valence electrons. The van der Waals surface area contributed by atoms with Crippen LogP contribution >= 0.6 is 15.9 Å². The van der Waals surface area contributed by atoms with Gasteiger partial charge in [-0.2, -0.15) is 0 Å². The quantitative estimate of drug-likeness (QED) is 0.885. The topological polar surface area (TPSA) is 69.6 Å². The lowest BCUT2D eigenvalue weighted by molar-refractivity contribution is -0.140. The predicted octanol–water partition coefficient (Wildman–Crippen LogP) is 1.62. The van der Waals surface area contributed by atoms with Crippen molar-refractivity contribution >= 4 is 33.5 Å². The fraction of sp³-hybridized carbons (Fsp3) is 0.385. The summed E-state index contributed by atoms with van der Waals surface area (Å²) in [6.07, 6.45) is -0.200. The molecule has 1 aliphatic heterocycles. The molecule has 0 bridgehead atoms. The number of amides is 1. The van der Waals surface area contributed by atoms with Gasteiger partial charge >= 0.3 is 5.97 Å². The van der Waals surface area contributed by atoms with Crippen LogP contribution in [-0.4, -0.2) is 35.6 Å². The van der Waals surface area contributed by atoms with E-state index >= 15 is 0 Å². The molecule has 0 aromatic heterocycles. The van der Waals surface area contributed by atoms with Crippen LogP contribution in [0.2, 0.25) is 0 Å². The van der Waals surface area contributed by atoms with Crippen molar-refractivity contribution in [2.75, 3.05) is 11.4 Å². The maximum atomic E-state index is 12.0. The number of carbonyl (C=O) groups excluding carboxylic acids is 1. The maximum absolute atomic E-state index is 12.0. The number of hydrogen-bond donors (Lipinski definition) is 2. The van der Waals surface area contributed by atoms with Crippen molar-refractivity contribution < 1.29 is 14.7 Å². The van der Waals surface area contributed by atoms with Crippen LogP contribution < -0.4 is 10.2 Å². The van der Waals surface area contributed by atoms with Crippen LogP contribution in [0.25, 0.3) is 0 Å². The number of carboxylic acid groups (broad SMARTS) is 1. The highest BCUT2D eigenvalue weighted by Gasteiger charge is 2.34. The van der Waals surface area contributed by atoms with Gasteiger partial charge in [-0.3, -0.25) is 9.59 Å². The van der Waals surface area contributed by atoms with Crippen LogP contribution in [0.5, 0.6) is 0 Å². The molecule has 6 heteroatoms. The van der Waals surface area contributed by atoms with Gasteiger partial charge in [-0.25, -0.2) is 0 Å². The minimum atomic E-state index is -0.975. The van der Waals surface area contributed by atoms with Crippen molar-refractivity contribution in [3.8, 4) is 0 Å². The van der Waals surface area contributed by atoms with Crippen molar-refractivity contribution in [3.63, 3.8) is 0 Å². The van der Waals surface area contributed by atoms with E-state index < -0.39 is 12.0 Å². The molecule has 1 fully saturated rings. The Balaban J connectivity index is 2.29. The summed E-state index contributed by atoms with van der Waals surface area (Å²) in [5, 5.41) is 11.7. The number of hydrogen-bond acceptors (Lipinski definition) is 3.